The maximum atomic E-state index is 5.82. The van der Waals surface area contributed by atoms with Gasteiger partial charge in [-0.25, -0.2) is 4.98 Å². The topological polar surface area (TPSA) is 70.9 Å². The van der Waals surface area contributed by atoms with Crippen LogP contribution in [0.3, 0.4) is 0 Å². The van der Waals surface area contributed by atoms with Crippen molar-refractivity contribution in [2.24, 2.45) is 0 Å². The van der Waals surface area contributed by atoms with Crippen molar-refractivity contribution in [3.8, 4) is 17.2 Å². The molecule has 1 fully saturated rings. The number of aromatic nitrogens is 3. The van der Waals surface area contributed by atoms with E-state index in [-0.39, 0.29) is 12.9 Å². The predicted molar refractivity (Wildman–Crippen MR) is 88.9 cm³/mol. The zero-order chi connectivity index (χ0) is 16.9. The summed E-state index contributed by atoms with van der Waals surface area (Å²) in [6.07, 6.45) is 4.39. The summed E-state index contributed by atoms with van der Waals surface area (Å²) < 4.78 is 24.1. The van der Waals surface area contributed by atoms with Crippen LogP contribution < -0.4 is 14.2 Å². The third-order valence-electron chi connectivity index (χ3n) is 4.31. The molecule has 134 valence electrons. The third-order valence-corrected chi connectivity index (χ3v) is 4.31. The van der Waals surface area contributed by atoms with E-state index in [4.69, 9.17) is 18.9 Å². The molecule has 0 bridgehead atoms. The molecule has 1 atom stereocenters. The minimum Gasteiger partial charge on any atom is -0.493 e. The number of ether oxygens (including phenoxy) is 4. The number of morpholine rings is 1. The van der Waals surface area contributed by atoms with Crippen molar-refractivity contribution in [1.82, 2.24) is 19.7 Å². The van der Waals surface area contributed by atoms with Crippen molar-refractivity contribution in [3.63, 3.8) is 0 Å². The molecule has 4 rings (SSSR count). The van der Waals surface area contributed by atoms with Crippen LogP contribution in [0.25, 0.3) is 0 Å². The first-order valence-corrected chi connectivity index (χ1v) is 8.56. The van der Waals surface area contributed by atoms with Crippen molar-refractivity contribution in [1.29, 1.82) is 0 Å². The van der Waals surface area contributed by atoms with Crippen LogP contribution in [-0.4, -0.2) is 65.4 Å². The van der Waals surface area contributed by atoms with Gasteiger partial charge in [-0.1, -0.05) is 0 Å². The van der Waals surface area contributed by atoms with Crippen LogP contribution in [0.5, 0.6) is 17.2 Å². The lowest BCUT2D eigenvalue weighted by Gasteiger charge is -2.32. The average molecular weight is 346 g/mol. The van der Waals surface area contributed by atoms with Gasteiger partial charge in [-0.15, -0.1) is 0 Å². The summed E-state index contributed by atoms with van der Waals surface area (Å²) in [4.78, 5) is 6.38. The molecule has 2 aliphatic heterocycles. The van der Waals surface area contributed by atoms with E-state index in [1.807, 2.05) is 22.9 Å². The van der Waals surface area contributed by atoms with Gasteiger partial charge in [0.2, 0.25) is 6.79 Å². The molecule has 2 aromatic rings. The fraction of sp³-hybridized carbons (Fsp3) is 0.529. The molecule has 0 amide bonds. The van der Waals surface area contributed by atoms with Gasteiger partial charge in [0.25, 0.3) is 0 Å². The number of hydrogen-bond acceptors (Lipinski definition) is 7. The molecule has 3 heterocycles. The van der Waals surface area contributed by atoms with Crippen LogP contribution >= 0.6 is 0 Å². The van der Waals surface area contributed by atoms with Crippen LogP contribution in [0.1, 0.15) is 6.42 Å². The molecular weight excluding hydrogens is 324 g/mol. The molecule has 0 aliphatic carbocycles. The summed E-state index contributed by atoms with van der Waals surface area (Å²) >= 11 is 0. The second kappa shape index (κ2) is 7.71. The molecule has 8 heteroatoms. The van der Waals surface area contributed by atoms with Gasteiger partial charge in [0.1, 0.15) is 18.4 Å². The lowest BCUT2D eigenvalue weighted by molar-refractivity contribution is -0.0384. The molecule has 0 unspecified atom stereocenters. The molecule has 25 heavy (non-hydrogen) atoms. The maximum absolute atomic E-state index is 5.82. The SMILES string of the molecule is c1ncn(C[C@@H]2CN(CCCOc3ccc4c(c3)OCO4)CCO2)n1. The minimum atomic E-state index is 0.158. The van der Waals surface area contributed by atoms with Crippen LogP contribution in [-0.2, 0) is 11.3 Å². The molecule has 0 spiro atoms. The van der Waals surface area contributed by atoms with Gasteiger partial charge in [-0.2, -0.15) is 5.10 Å². The third kappa shape index (κ3) is 4.21. The highest BCUT2D eigenvalue weighted by Gasteiger charge is 2.20. The molecule has 0 saturated carbocycles. The smallest absolute Gasteiger partial charge is 0.231 e. The zero-order valence-corrected chi connectivity index (χ0v) is 14.0. The Morgan fingerprint density at radius 1 is 1.24 bits per heavy atom. The first-order valence-electron chi connectivity index (χ1n) is 8.56. The minimum absolute atomic E-state index is 0.158. The van der Waals surface area contributed by atoms with E-state index in [9.17, 15) is 0 Å². The Kier molecular flexibility index (Phi) is 4.98. The molecule has 1 aromatic carbocycles. The quantitative estimate of drug-likeness (QED) is 0.697. The van der Waals surface area contributed by atoms with E-state index in [1.165, 1.54) is 0 Å². The largest absolute Gasteiger partial charge is 0.493 e. The Bertz CT molecular complexity index is 679. The first-order chi connectivity index (χ1) is 12.4. The molecule has 1 aromatic heterocycles. The van der Waals surface area contributed by atoms with Crippen molar-refractivity contribution in [2.45, 2.75) is 19.1 Å². The van der Waals surface area contributed by atoms with E-state index in [0.717, 1.165) is 56.5 Å². The van der Waals surface area contributed by atoms with Crippen LogP contribution in [0, 0.1) is 0 Å². The van der Waals surface area contributed by atoms with Crippen molar-refractivity contribution in [3.05, 3.63) is 30.9 Å². The highest BCUT2D eigenvalue weighted by molar-refractivity contribution is 5.46. The van der Waals surface area contributed by atoms with Crippen molar-refractivity contribution >= 4 is 0 Å². The van der Waals surface area contributed by atoms with Gasteiger partial charge < -0.3 is 18.9 Å². The lowest BCUT2D eigenvalue weighted by Crippen LogP contribution is -2.44. The van der Waals surface area contributed by atoms with Gasteiger partial charge >= 0.3 is 0 Å². The Morgan fingerprint density at radius 2 is 2.20 bits per heavy atom. The summed E-state index contributed by atoms with van der Waals surface area (Å²) in [6, 6.07) is 5.68. The Labute approximate surface area is 146 Å². The summed E-state index contributed by atoms with van der Waals surface area (Å²) in [7, 11) is 0. The van der Waals surface area contributed by atoms with E-state index < -0.39 is 0 Å². The van der Waals surface area contributed by atoms with E-state index in [0.29, 0.717) is 6.61 Å². The maximum Gasteiger partial charge on any atom is 0.231 e. The summed E-state index contributed by atoms with van der Waals surface area (Å²) in [5, 5.41) is 4.14. The van der Waals surface area contributed by atoms with Crippen molar-refractivity contribution in [2.75, 3.05) is 39.6 Å². The molecule has 1 saturated heterocycles. The number of fused-ring (bicyclic) bond motifs is 1. The van der Waals surface area contributed by atoms with Gasteiger partial charge in [0.15, 0.2) is 11.5 Å². The normalized spacial score (nSPS) is 19.9. The molecule has 8 nitrogen and oxygen atoms in total. The highest BCUT2D eigenvalue weighted by Crippen LogP contribution is 2.35. The zero-order valence-electron chi connectivity index (χ0n) is 14.0. The van der Waals surface area contributed by atoms with E-state index in [2.05, 4.69) is 15.0 Å². The number of nitrogens with zero attached hydrogens (tertiary/aromatic N) is 4. The fourth-order valence-electron chi connectivity index (χ4n) is 3.07. The van der Waals surface area contributed by atoms with Gasteiger partial charge in [0, 0.05) is 25.7 Å². The molecule has 2 aliphatic rings. The Hall–Kier alpha value is -2.32. The lowest BCUT2D eigenvalue weighted by atomic mass is 10.2. The monoisotopic (exact) mass is 346 g/mol. The van der Waals surface area contributed by atoms with Gasteiger partial charge in [0.05, 0.1) is 25.9 Å². The van der Waals surface area contributed by atoms with Crippen LogP contribution in [0.15, 0.2) is 30.9 Å². The second-order valence-corrected chi connectivity index (χ2v) is 6.13. The molecule has 0 radical (unpaired) electrons. The number of hydrogen-bond donors (Lipinski definition) is 0. The van der Waals surface area contributed by atoms with Crippen LogP contribution in [0.2, 0.25) is 0 Å². The summed E-state index contributed by atoms with van der Waals surface area (Å²) in [5.74, 6) is 2.34. The fourth-order valence-corrected chi connectivity index (χ4v) is 3.07. The average Bonchev–Trinajstić information content (AvgIpc) is 3.30. The predicted octanol–water partition coefficient (Wildman–Crippen LogP) is 1.18. The van der Waals surface area contributed by atoms with Crippen molar-refractivity contribution < 1.29 is 18.9 Å². The van der Waals surface area contributed by atoms with Gasteiger partial charge in [-0.3, -0.25) is 9.58 Å². The first kappa shape index (κ1) is 16.2. The number of benzene rings is 1. The molecule has 0 N–H and O–H groups in total. The van der Waals surface area contributed by atoms with Crippen LogP contribution in [0.4, 0.5) is 0 Å². The standard InChI is InChI=1S/C17H22N4O4/c1(6-22-14-2-3-16-17(8-14)25-13-24-16)4-20-5-7-23-15(9-20)10-21-12-18-11-19-21/h2-3,8,11-12,15H,1,4-7,9-10,13H2/t15-/m0/s1. The number of rotatable bonds is 7. The Morgan fingerprint density at radius 3 is 3.12 bits per heavy atom. The van der Waals surface area contributed by atoms with Gasteiger partial charge in [-0.05, 0) is 18.6 Å². The van der Waals surface area contributed by atoms with E-state index in [1.54, 1.807) is 12.7 Å². The molecular formula is C17H22N4O4. The highest BCUT2D eigenvalue weighted by atomic mass is 16.7. The second-order valence-electron chi connectivity index (χ2n) is 6.13. The summed E-state index contributed by atoms with van der Waals surface area (Å²) in [5.41, 5.74) is 0. The Balaban J connectivity index is 1.18. The summed E-state index contributed by atoms with van der Waals surface area (Å²) in [6.45, 7) is 5.30. The van der Waals surface area contributed by atoms with E-state index >= 15 is 0 Å².